The molecule has 116 valence electrons. The molecule has 2 fully saturated rings. The Labute approximate surface area is 126 Å². The highest BCUT2D eigenvalue weighted by atomic mass is 32.2. The second-order valence-electron chi connectivity index (χ2n) is 6.12. The second kappa shape index (κ2) is 5.50. The molecule has 2 saturated heterocycles. The number of piperidine rings is 1. The van der Waals surface area contributed by atoms with Gasteiger partial charge in [0.25, 0.3) is 0 Å². The van der Waals surface area contributed by atoms with Crippen LogP contribution in [-0.4, -0.2) is 51.8 Å². The van der Waals surface area contributed by atoms with Crippen LogP contribution in [0.1, 0.15) is 19.3 Å². The number of hydrogen-bond acceptors (Lipinski definition) is 5. The van der Waals surface area contributed by atoms with Crippen molar-refractivity contribution in [2.24, 2.45) is 0 Å². The number of benzene rings is 1. The predicted octanol–water partition coefficient (Wildman–Crippen LogP) is 1.35. The van der Waals surface area contributed by atoms with Gasteiger partial charge in [-0.3, -0.25) is 4.90 Å². The van der Waals surface area contributed by atoms with E-state index in [4.69, 9.17) is 5.73 Å². The predicted molar refractivity (Wildman–Crippen MR) is 85.4 cm³/mol. The molecule has 6 heteroatoms. The van der Waals surface area contributed by atoms with Crippen molar-refractivity contribution in [2.45, 2.75) is 30.2 Å². The average molecular weight is 309 g/mol. The Bertz CT molecular complexity index is 630. The Morgan fingerprint density at radius 2 is 2.00 bits per heavy atom. The zero-order valence-corrected chi connectivity index (χ0v) is 13.3. The van der Waals surface area contributed by atoms with E-state index in [1.54, 1.807) is 12.1 Å². The number of hydrogen-bond donors (Lipinski definition) is 1. The normalized spacial score (nSPS) is 23.9. The molecule has 0 radical (unpaired) electrons. The monoisotopic (exact) mass is 309 g/mol. The number of piperazine rings is 1. The van der Waals surface area contributed by atoms with Crippen LogP contribution in [0.25, 0.3) is 0 Å². The van der Waals surface area contributed by atoms with E-state index in [0.717, 1.165) is 25.3 Å². The van der Waals surface area contributed by atoms with Crippen LogP contribution in [0.2, 0.25) is 0 Å². The summed E-state index contributed by atoms with van der Waals surface area (Å²) in [5.41, 5.74) is 7.62. The van der Waals surface area contributed by atoms with Gasteiger partial charge < -0.3 is 10.6 Å². The summed E-state index contributed by atoms with van der Waals surface area (Å²) in [7, 11) is -3.20. The molecule has 0 saturated carbocycles. The number of fused-ring (bicyclic) bond motifs is 1. The quantitative estimate of drug-likeness (QED) is 0.835. The van der Waals surface area contributed by atoms with Crippen molar-refractivity contribution in [3.05, 3.63) is 18.2 Å². The van der Waals surface area contributed by atoms with Gasteiger partial charge in [-0.15, -0.1) is 0 Å². The van der Waals surface area contributed by atoms with Gasteiger partial charge in [-0.1, -0.05) is 6.42 Å². The molecular formula is C15H23N3O2S. The second-order valence-corrected chi connectivity index (χ2v) is 8.14. The lowest BCUT2D eigenvalue weighted by molar-refractivity contribution is 0.133. The molecule has 1 aromatic rings. The SMILES string of the molecule is CS(=O)(=O)c1ccc(N2CCN3CCCCC3C2)c(N)c1. The maximum absolute atomic E-state index is 11.6. The lowest BCUT2D eigenvalue weighted by Gasteiger charge is -2.45. The lowest BCUT2D eigenvalue weighted by atomic mass is 9.99. The Kier molecular flexibility index (Phi) is 3.84. The zero-order chi connectivity index (χ0) is 15.0. The summed E-state index contributed by atoms with van der Waals surface area (Å²) in [4.78, 5) is 5.16. The molecule has 2 aliphatic heterocycles. The molecule has 21 heavy (non-hydrogen) atoms. The molecule has 0 bridgehead atoms. The topological polar surface area (TPSA) is 66.6 Å². The fraction of sp³-hybridized carbons (Fsp3) is 0.600. The molecule has 2 heterocycles. The van der Waals surface area contributed by atoms with E-state index in [9.17, 15) is 8.42 Å². The van der Waals surface area contributed by atoms with E-state index < -0.39 is 9.84 Å². The number of nitrogens with zero attached hydrogens (tertiary/aromatic N) is 2. The van der Waals surface area contributed by atoms with Gasteiger partial charge in [0.15, 0.2) is 9.84 Å². The minimum Gasteiger partial charge on any atom is -0.397 e. The molecular weight excluding hydrogens is 286 g/mol. The van der Waals surface area contributed by atoms with Crippen LogP contribution in [0.5, 0.6) is 0 Å². The van der Waals surface area contributed by atoms with Crippen molar-refractivity contribution in [3.8, 4) is 0 Å². The third-order valence-corrected chi connectivity index (χ3v) is 5.72. The molecule has 2 N–H and O–H groups in total. The van der Waals surface area contributed by atoms with E-state index in [0.29, 0.717) is 16.6 Å². The smallest absolute Gasteiger partial charge is 0.175 e. The van der Waals surface area contributed by atoms with E-state index in [2.05, 4.69) is 9.80 Å². The van der Waals surface area contributed by atoms with E-state index >= 15 is 0 Å². The van der Waals surface area contributed by atoms with Crippen molar-refractivity contribution in [3.63, 3.8) is 0 Å². The first-order chi connectivity index (χ1) is 9.95. The van der Waals surface area contributed by atoms with Crippen LogP contribution < -0.4 is 10.6 Å². The summed E-state index contributed by atoms with van der Waals surface area (Å²) < 4.78 is 23.2. The third-order valence-electron chi connectivity index (χ3n) is 4.61. The van der Waals surface area contributed by atoms with Crippen LogP contribution in [0.3, 0.4) is 0 Å². The van der Waals surface area contributed by atoms with E-state index in [1.165, 1.54) is 32.1 Å². The maximum Gasteiger partial charge on any atom is 0.175 e. The first kappa shape index (κ1) is 14.7. The van der Waals surface area contributed by atoms with Crippen LogP contribution >= 0.6 is 0 Å². The molecule has 1 aromatic carbocycles. The lowest BCUT2D eigenvalue weighted by Crippen LogP contribution is -2.55. The molecule has 1 atom stereocenters. The van der Waals surface area contributed by atoms with Crippen LogP contribution in [0.15, 0.2) is 23.1 Å². The molecule has 1 unspecified atom stereocenters. The molecule has 5 nitrogen and oxygen atoms in total. The maximum atomic E-state index is 11.6. The van der Waals surface area contributed by atoms with Crippen molar-refractivity contribution >= 4 is 21.2 Å². The van der Waals surface area contributed by atoms with Crippen molar-refractivity contribution < 1.29 is 8.42 Å². The third kappa shape index (κ3) is 3.01. The Morgan fingerprint density at radius 3 is 2.71 bits per heavy atom. The highest BCUT2D eigenvalue weighted by Gasteiger charge is 2.29. The molecule has 0 aliphatic carbocycles. The van der Waals surface area contributed by atoms with Crippen molar-refractivity contribution in [1.29, 1.82) is 0 Å². The van der Waals surface area contributed by atoms with Gasteiger partial charge in [-0.25, -0.2) is 8.42 Å². The first-order valence-corrected chi connectivity index (χ1v) is 9.43. The molecule has 0 spiro atoms. The van der Waals surface area contributed by atoms with Gasteiger partial charge in [0.05, 0.1) is 16.3 Å². The zero-order valence-electron chi connectivity index (χ0n) is 12.5. The largest absolute Gasteiger partial charge is 0.397 e. The number of nitrogen functional groups attached to an aromatic ring is 1. The van der Waals surface area contributed by atoms with Crippen molar-refractivity contribution in [2.75, 3.05) is 43.1 Å². The highest BCUT2D eigenvalue weighted by Crippen LogP contribution is 2.30. The first-order valence-electron chi connectivity index (χ1n) is 7.54. The highest BCUT2D eigenvalue weighted by molar-refractivity contribution is 7.90. The van der Waals surface area contributed by atoms with Crippen LogP contribution in [0, 0.1) is 0 Å². The fourth-order valence-electron chi connectivity index (χ4n) is 3.43. The van der Waals surface area contributed by atoms with E-state index in [-0.39, 0.29) is 0 Å². The van der Waals surface area contributed by atoms with Gasteiger partial charge in [0, 0.05) is 31.9 Å². The van der Waals surface area contributed by atoms with Gasteiger partial charge in [-0.2, -0.15) is 0 Å². The summed E-state index contributed by atoms with van der Waals surface area (Å²) in [6, 6.07) is 5.71. The van der Waals surface area contributed by atoms with Crippen LogP contribution in [0.4, 0.5) is 11.4 Å². The van der Waals surface area contributed by atoms with Gasteiger partial charge in [0.2, 0.25) is 0 Å². The number of anilines is 2. The standard InChI is InChI=1S/C15H23N3O2S/c1-21(19,20)13-5-6-15(14(16)10-13)18-9-8-17-7-3-2-4-12(17)11-18/h5-6,10,12H,2-4,7-9,11,16H2,1H3. The summed E-state index contributed by atoms with van der Waals surface area (Å²) >= 11 is 0. The minimum absolute atomic E-state index is 0.292. The molecule has 0 aromatic heterocycles. The Balaban J connectivity index is 1.81. The Hall–Kier alpha value is -1.27. The summed E-state index contributed by atoms with van der Waals surface area (Å²) in [6.07, 6.45) is 5.07. The number of sulfone groups is 1. The average Bonchev–Trinajstić information content (AvgIpc) is 2.45. The van der Waals surface area contributed by atoms with Gasteiger partial charge in [-0.05, 0) is 37.6 Å². The molecule has 0 amide bonds. The van der Waals surface area contributed by atoms with Gasteiger partial charge in [0.1, 0.15) is 0 Å². The van der Waals surface area contributed by atoms with Gasteiger partial charge >= 0.3 is 0 Å². The Morgan fingerprint density at radius 1 is 1.19 bits per heavy atom. The van der Waals surface area contributed by atoms with E-state index in [1.807, 2.05) is 6.07 Å². The number of nitrogens with two attached hydrogens (primary N) is 1. The van der Waals surface area contributed by atoms with Crippen molar-refractivity contribution in [1.82, 2.24) is 4.90 Å². The molecule has 3 rings (SSSR count). The summed E-state index contributed by atoms with van der Waals surface area (Å²) in [5.74, 6) is 0. The summed E-state index contributed by atoms with van der Waals surface area (Å²) in [6.45, 7) is 4.22. The summed E-state index contributed by atoms with van der Waals surface area (Å²) in [5, 5.41) is 0. The van der Waals surface area contributed by atoms with Crippen LogP contribution in [-0.2, 0) is 9.84 Å². The fourth-order valence-corrected chi connectivity index (χ4v) is 4.08. The minimum atomic E-state index is -3.20. The molecule has 2 aliphatic rings. The number of rotatable bonds is 2.